The van der Waals surface area contributed by atoms with E-state index < -0.39 is 0 Å². The zero-order valence-electron chi connectivity index (χ0n) is 31.9. The molecule has 59 heavy (non-hydrogen) atoms. The normalized spacial score (nSPS) is 11.7. The van der Waals surface area contributed by atoms with Crippen molar-refractivity contribution in [1.29, 1.82) is 0 Å². The zero-order chi connectivity index (χ0) is 38.9. The molecule has 2 heterocycles. The van der Waals surface area contributed by atoms with Crippen LogP contribution in [0.25, 0.3) is 117 Å². The van der Waals surface area contributed by atoms with E-state index in [1.54, 1.807) is 0 Å². The molecule has 12 rings (SSSR count). The first-order valence-corrected chi connectivity index (χ1v) is 20.0. The highest BCUT2D eigenvalue weighted by atomic mass is 15.1. The molecule has 11 aromatic rings. The monoisotopic (exact) mass is 750 g/mol. The number of hydrogen-bond acceptors (Lipinski definition) is 3. The van der Waals surface area contributed by atoms with E-state index in [2.05, 4.69) is 199 Å². The average Bonchev–Trinajstić information content (AvgIpc) is 3.60. The molecule has 9 aromatic carbocycles. The fraction of sp³-hybridized carbons (Fsp3) is 0. The Hall–Kier alpha value is -7.95. The van der Waals surface area contributed by atoms with Gasteiger partial charge < -0.3 is 4.57 Å². The first-order valence-electron chi connectivity index (χ1n) is 20.0. The van der Waals surface area contributed by atoms with Crippen molar-refractivity contribution in [2.24, 2.45) is 0 Å². The first-order chi connectivity index (χ1) is 29.3. The summed E-state index contributed by atoms with van der Waals surface area (Å²) in [6, 6.07) is 73.2. The van der Waals surface area contributed by atoms with Crippen LogP contribution in [0, 0.1) is 0 Å². The van der Waals surface area contributed by atoms with Crippen LogP contribution >= 0.6 is 0 Å². The van der Waals surface area contributed by atoms with Crippen LogP contribution in [0.5, 0.6) is 0 Å². The maximum absolute atomic E-state index is 5.28. The van der Waals surface area contributed by atoms with E-state index in [0.717, 1.165) is 44.5 Å². The molecule has 0 N–H and O–H groups in total. The van der Waals surface area contributed by atoms with E-state index in [-0.39, 0.29) is 0 Å². The smallest absolute Gasteiger partial charge is 0.166 e. The lowest BCUT2D eigenvalue weighted by molar-refractivity contribution is 1.06. The Morgan fingerprint density at radius 1 is 0.254 bits per heavy atom. The minimum absolute atomic E-state index is 0.616. The first kappa shape index (κ1) is 33.2. The highest BCUT2D eigenvalue weighted by Gasteiger charge is 2.26. The van der Waals surface area contributed by atoms with Gasteiger partial charge in [-0.25, -0.2) is 15.0 Å². The van der Waals surface area contributed by atoms with Gasteiger partial charge in [0, 0.05) is 27.5 Å². The van der Waals surface area contributed by atoms with Gasteiger partial charge in [-0.15, -0.1) is 0 Å². The minimum atomic E-state index is 0.616. The van der Waals surface area contributed by atoms with Gasteiger partial charge in [0.25, 0.3) is 0 Å². The molecule has 2 aromatic heterocycles. The molecular formula is C55H34N4. The number of hydrogen-bond donors (Lipinski definition) is 0. The number of benzene rings is 9. The summed E-state index contributed by atoms with van der Waals surface area (Å²) in [6.45, 7) is 0. The van der Waals surface area contributed by atoms with Crippen molar-refractivity contribution in [3.8, 4) is 84.4 Å². The molecule has 4 nitrogen and oxygen atoms in total. The lowest BCUT2D eigenvalue weighted by Crippen LogP contribution is -2.03. The van der Waals surface area contributed by atoms with Crippen molar-refractivity contribution >= 4 is 32.6 Å². The Balaban J connectivity index is 1.08. The van der Waals surface area contributed by atoms with Gasteiger partial charge >= 0.3 is 0 Å². The average molecular weight is 751 g/mol. The number of fused-ring (bicyclic) bond motifs is 3. The Bertz CT molecular complexity index is 3300. The molecular weight excluding hydrogens is 717 g/mol. The summed E-state index contributed by atoms with van der Waals surface area (Å²) >= 11 is 0. The largest absolute Gasteiger partial charge is 0.308 e. The van der Waals surface area contributed by atoms with Gasteiger partial charge in [0.05, 0.1) is 16.7 Å². The van der Waals surface area contributed by atoms with Crippen LogP contribution in [0.3, 0.4) is 0 Å². The predicted octanol–water partition coefficient (Wildman–Crippen LogP) is 14.1. The Kier molecular flexibility index (Phi) is 7.50. The summed E-state index contributed by atoms with van der Waals surface area (Å²) in [6.07, 6.45) is 0. The number of para-hydroxylation sites is 1. The molecule has 0 unspecified atom stereocenters. The molecule has 0 aliphatic heterocycles. The lowest BCUT2D eigenvalue weighted by Gasteiger charge is -2.16. The summed E-state index contributed by atoms with van der Waals surface area (Å²) in [5.74, 6) is 1.86. The van der Waals surface area contributed by atoms with Crippen LogP contribution in [-0.4, -0.2) is 19.5 Å². The quantitative estimate of drug-likeness (QED) is 0.170. The molecule has 0 saturated carbocycles. The highest BCUT2D eigenvalue weighted by molar-refractivity contribution is 6.30. The van der Waals surface area contributed by atoms with Crippen LogP contribution in [0.2, 0.25) is 0 Å². The summed E-state index contributed by atoms with van der Waals surface area (Å²) in [7, 11) is 0. The molecule has 0 radical (unpaired) electrons. The van der Waals surface area contributed by atoms with Gasteiger partial charge in [0.1, 0.15) is 0 Å². The minimum Gasteiger partial charge on any atom is -0.308 e. The van der Waals surface area contributed by atoms with Crippen molar-refractivity contribution in [2.75, 3.05) is 0 Å². The van der Waals surface area contributed by atoms with Gasteiger partial charge in [-0.1, -0.05) is 182 Å². The second-order valence-corrected chi connectivity index (χ2v) is 15.2. The van der Waals surface area contributed by atoms with Gasteiger partial charge in [-0.3, -0.25) is 0 Å². The third kappa shape index (κ3) is 5.34. The molecule has 274 valence electrons. The van der Waals surface area contributed by atoms with E-state index in [1.165, 1.54) is 54.9 Å². The van der Waals surface area contributed by atoms with Gasteiger partial charge in [-0.2, -0.15) is 0 Å². The van der Waals surface area contributed by atoms with Crippen molar-refractivity contribution < 1.29 is 0 Å². The van der Waals surface area contributed by atoms with Crippen LogP contribution in [0.15, 0.2) is 206 Å². The van der Waals surface area contributed by atoms with Crippen molar-refractivity contribution in [2.45, 2.75) is 0 Å². The number of nitrogens with zero attached hydrogens (tertiary/aromatic N) is 4. The molecule has 0 amide bonds. The molecule has 0 spiro atoms. The Labute approximate surface area is 341 Å². The van der Waals surface area contributed by atoms with Crippen molar-refractivity contribution in [3.05, 3.63) is 206 Å². The lowest BCUT2D eigenvalue weighted by atomic mass is 9.93. The number of rotatable bonds is 6. The Morgan fingerprint density at radius 3 is 1.31 bits per heavy atom. The number of aromatic nitrogens is 4. The predicted molar refractivity (Wildman–Crippen MR) is 243 cm³/mol. The van der Waals surface area contributed by atoms with Crippen molar-refractivity contribution in [3.63, 3.8) is 0 Å². The molecule has 0 bridgehead atoms. The second kappa shape index (κ2) is 13.3. The SMILES string of the molecule is c1ccc(-c2ccc(-c3nc(-c4ccc(-c5ccccc5)cc4)nc(-c4ccccc4-n4c5cccc6c5c5c7c(cccc7ccc54)-c4ccccc4-6)n3)cc2)cc1. The molecule has 0 saturated heterocycles. The zero-order valence-corrected chi connectivity index (χ0v) is 31.9. The van der Waals surface area contributed by atoms with Crippen molar-refractivity contribution in [1.82, 2.24) is 19.5 Å². The van der Waals surface area contributed by atoms with Crippen LogP contribution in [0.1, 0.15) is 0 Å². The topological polar surface area (TPSA) is 43.6 Å². The molecule has 0 fully saturated rings. The Morgan fingerprint density at radius 2 is 0.695 bits per heavy atom. The van der Waals surface area contributed by atoms with E-state index in [0.29, 0.717) is 17.5 Å². The third-order valence-electron chi connectivity index (χ3n) is 11.8. The fourth-order valence-corrected chi connectivity index (χ4v) is 9.08. The van der Waals surface area contributed by atoms with E-state index in [4.69, 9.17) is 15.0 Å². The van der Waals surface area contributed by atoms with E-state index in [1.807, 2.05) is 12.1 Å². The van der Waals surface area contributed by atoms with Crippen LogP contribution in [-0.2, 0) is 0 Å². The molecule has 1 aliphatic carbocycles. The fourth-order valence-electron chi connectivity index (χ4n) is 9.08. The summed E-state index contributed by atoms with van der Waals surface area (Å²) in [5.41, 5.74) is 15.7. The highest BCUT2D eigenvalue weighted by Crippen LogP contribution is 2.50. The standard InChI is InChI=1S/C55H34N4/c1-3-13-35(14-4-1)37-25-29-40(30-26-37)53-56-54(41-31-27-38(28-32-41)36-15-5-2-6-16-36)58-55(57-53)46-20-9-10-23-47(46)59-48-24-12-22-45-43-19-8-7-18-42(43)44-21-11-17-39-33-34-49(59)52(50(39)44)51(45)48/h1-34H. The summed E-state index contributed by atoms with van der Waals surface area (Å²) < 4.78 is 2.42. The van der Waals surface area contributed by atoms with Crippen LogP contribution in [0.4, 0.5) is 0 Å². The summed E-state index contributed by atoms with van der Waals surface area (Å²) in [4.78, 5) is 15.7. The maximum atomic E-state index is 5.28. The van der Waals surface area contributed by atoms with Gasteiger partial charge in [-0.05, 0) is 79.5 Å². The third-order valence-corrected chi connectivity index (χ3v) is 11.8. The molecule has 1 aliphatic rings. The maximum Gasteiger partial charge on any atom is 0.166 e. The summed E-state index contributed by atoms with van der Waals surface area (Å²) in [5, 5.41) is 5.04. The van der Waals surface area contributed by atoms with Gasteiger partial charge in [0.15, 0.2) is 17.5 Å². The van der Waals surface area contributed by atoms with E-state index >= 15 is 0 Å². The van der Waals surface area contributed by atoms with E-state index in [9.17, 15) is 0 Å². The van der Waals surface area contributed by atoms with Crippen LogP contribution < -0.4 is 0 Å². The van der Waals surface area contributed by atoms with Gasteiger partial charge in [0.2, 0.25) is 0 Å². The molecule has 0 atom stereocenters. The second-order valence-electron chi connectivity index (χ2n) is 15.2. The molecule has 4 heteroatoms.